The van der Waals surface area contributed by atoms with Crippen LogP contribution in [0.5, 0.6) is 0 Å². The summed E-state index contributed by atoms with van der Waals surface area (Å²) in [5, 5.41) is 32.2. The Morgan fingerprint density at radius 1 is 1.04 bits per heavy atom. The van der Waals surface area contributed by atoms with Crippen molar-refractivity contribution in [3.63, 3.8) is 0 Å². The molecular formula is C21H34O4. The van der Waals surface area contributed by atoms with Gasteiger partial charge in [0.2, 0.25) is 0 Å². The summed E-state index contributed by atoms with van der Waals surface area (Å²) in [5.74, 6) is 1.34. The Morgan fingerprint density at radius 2 is 1.76 bits per heavy atom. The maximum Gasteiger partial charge on any atom is 0.161 e. The van der Waals surface area contributed by atoms with Gasteiger partial charge in [-0.2, -0.15) is 0 Å². The van der Waals surface area contributed by atoms with Crippen molar-refractivity contribution in [3.05, 3.63) is 0 Å². The van der Waals surface area contributed by atoms with E-state index in [1.807, 2.05) is 6.92 Å². The van der Waals surface area contributed by atoms with Crippen LogP contribution in [-0.2, 0) is 4.79 Å². The first-order valence-electron chi connectivity index (χ1n) is 10.2. The second-order valence-electron chi connectivity index (χ2n) is 10.1. The van der Waals surface area contributed by atoms with Crippen LogP contribution in [0.1, 0.15) is 72.1 Å². The monoisotopic (exact) mass is 350 g/mol. The molecule has 9 atom stereocenters. The summed E-state index contributed by atoms with van der Waals surface area (Å²) in [6.07, 6.45) is 6.35. The highest BCUT2D eigenvalue weighted by molar-refractivity contribution is 5.86. The molecular weight excluding hydrogens is 316 g/mol. The number of fused-ring (bicyclic) bond motifs is 5. The molecule has 0 aliphatic heterocycles. The summed E-state index contributed by atoms with van der Waals surface area (Å²) in [6.45, 7) is 5.93. The molecule has 4 rings (SSSR count). The van der Waals surface area contributed by atoms with E-state index in [0.29, 0.717) is 17.8 Å². The zero-order valence-electron chi connectivity index (χ0n) is 15.9. The Morgan fingerprint density at radius 3 is 2.44 bits per heavy atom. The smallest absolute Gasteiger partial charge is 0.161 e. The van der Waals surface area contributed by atoms with Crippen molar-refractivity contribution >= 4 is 5.78 Å². The van der Waals surface area contributed by atoms with Crippen LogP contribution >= 0.6 is 0 Å². The van der Waals surface area contributed by atoms with Gasteiger partial charge in [-0.15, -0.1) is 0 Å². The summed E-state index contributed by atoms with van der Waals surface area (Å²) in [5.41, 5.74) is -1.64. The Balaban J connectivity index is 1.69. The molecule has 25 heavy (non-hydrogen) atoms. The van der Waals surface area contributed by atoms with Crippen molar-refractivity contribution in [1.29, 1.82) is 0 Å². The van der Waals surface area contributed by atoms with E-state index in [1.165, 1.54) is 6.92 Å². The van der Waals surface area contributed by atoms with Crippen molar-refractivity contribution in [2.75, 3.05) is 0 Å². The largest absolute Gasteiger partial charge is 0.393 e. The summed E-state index contributed by atoms with van der Waals surface area (Å²) >= 11 is 0. The molecule has 3 N–H and O–H groups in total. The van der Waals surface area contributed by atoms with Gasteiger partial charge >= 0.3 is 0 Å². The quantitative estimate of drug-likeness (QED) is 0.679. The fourth-order valence-corrected chi connectivity index (χ4v) is 7.89. The van der Waals surface area contributed by atoms with Gasteiger partial charge in [0, 0.05) is 11.8 Å². The summed E-state index contributed by atoms with van der Waals surface area (Å²) in [4.78, 5) is 12.3. The normalized spacial score (nSPS) is 58.2. The highest BCUT2D eigenvalue weighted by atomic mass is 16.3. The number of hydrogen-bond donors (Lipinski definition) is 3. The number of carbonyl (C=O) groups excluding carboxylic acids is 1. The Kier molecular flexibility index (Phi) is 3.97. The van der Waals surface area contributed by atoms with Crippen LogP contribution in [0.2, 0.25) is 0 Å². The average molecular weight is 350 g/mol. The SMILES string of the molecule is CC(=O)[C@@]1(O)C[C@@H](O)[C@H]2[C@@H]3CC[C@@H]4C[C@@H](O)CC[C@]4(C)[C@H]3CC[C@@]21C. The highest BCUT2D eigenvalue weighted by Crippen LogP contribution is 2.68. The predicted octanol–water partition coefficient (Wildman–Crippen LogP) is 2.68. The molecule has 4 heteroatoms. The maximum atomic E-state index is 12.3. The summed E-state index contributed by atoms with van der Waals surface area (Å²) in [7, 11) is 0. The number of carbonyl (C=O) groups is 1. The molecule has 4 nitrogen and oxygen atoms in total. The van der Waals surface area contributed by atoms with Gasteiger partial charge in [0.05, 0.1) is 12.2 Å². The van der Waals surface area contributed by atoms with Gasteiger partial charge in [-0.05, 0) is 81.0 Å². The second-order valence-corrected chi connectivity index (χ2v) is 10.1. The van der Waals surface area contributed by atoms with Gasteiger partial charge in [0.15, 0.2) is 5.78 Å². The molecule has 0 heterocycles. The van der Waals surface area contributed by atoms with Crippen LogP contribution in [0, 0.1) is 34.5 Å². The summed E-state index contributed by atoms with van der Waals surface area (Å²) < 4.78 is 0. The Labute approximate surface area is 151 Å². The van der Waals surface area contributed by atoms with E-state index in [-0.39, 0.29) is 29.6 Å². The lowest BCUT2D eigenvalue weighted by Crippen LogP contribution is -2.59. The number of aliphatic hydroxyl groups excluding tert-OH is 2. The van der Waals surface area contributed by atoms with E-state index in [9.17, 15) is 20.1 Å². The van der Waals surface area contributed by atoms with E-state index in [1.54, 1.807) is 0 Å². The van der Waals surface area contributed by atoms with Gasteiger partial charge in [-0.1, -0.05) is 13.8 Å². The fraction of sp³-hybridized carbons (Fsp3) is 0.952. The lowest BCUT2D eigenvalue weighted by atomic mass is 9.44. The highest BCUT2D eigenvalue weighted by Gasteiger charge is 2.68. The van der Waals surface area contributed by atoms with E-state index in [4.69, 9.17) is 0 Å². The molecule has 0 aromatic rings. The van der Waals surface area contributed by atoms with Crippen LogP contribution < -0.4 is 0 Å². The third kappa shape index (κ3) is 2.20. The fourth-order valence-electron chi connectivity index (χ4n) is 7.89. The minimum absolute atomic E-state index is 0.0183. The van der Waals surface area contributed by atoms with Gasteiger partial charge in [-0.25, -0.2) is 0 Å². The Hall–Kier alpha value is -0.450. The zero-order valence-corrected chi connectivity index (χ0v) is 15.9. The lowest BCUT2D eigenvalue weighted by molar-refractivity contribution is -0.173. The van der Waals surface area contributed by atoms with Crippen molar-refractivity contribution in [2.45, 2.75) is 89.9 Å². The number of aliphatic hydroxyl groups is 3. The molecule has 0 aromatic carbocycles. The summed E-state index contributed by atoms with van der Waals surface area (Å²) in [6, 6.07) is 0. The standard InChI is InChI=1S/C21H34O4/c1-12(22)21(25)11-17(24)18-15-5-4-13-10-14(23)6-8-19(13,2)16(15)7-9-20(18,21)3/h13-18,23-25H,4-11H2,1-3H3/t13-,14+,15-,16+,17-,18-,19+,20+,21+/m1/s1. The van der Waals surface area contributed by atoms with Gasteiger partial charge in [-0.3, -0.25) is 4.79 Å². The molecule has 4 fully saturated rings. The number of hydrogen-bond acceptors (Lipinski definition) is 4. The van der Waals surface area contributed by atoms with Crippen molar-refractivity contribution in [1.82, 2.24) is 0 Å². The maximum absolute atomic E-state index is 12.3. The Bertz CT molecular complexity index is 576. The number of rotatable bonds is 1. The van der Waals surface area contributed by atoms with Crippen LogP contribution in [-0.4, -0.2) is 38.9 Å². The van der Waals surface area contributed by atoms with Crippen LogP contribution in [0.25, 0.3) is 0 Å². The van der Waals surface area contributed by atoms with E-state index >= 15 is 0 Å². The molecule has 0 unspecified atom stereocenters. The minimum atomic E-state index is -1.37. The third-order valence-corrected chi connectivity index (χ3v) is 9.34. The molecule has 0 radical (unpaired) electrons. The molecule has 0 amide bonds. The van der Waals surface area contributed by atoms with Crippen LogP contribution in [0.15, 0.2) is 0 Å². The molecule has 142 valence electrons. The molecule has 0 saturated heterocycles. The average Bonchev–Trinajstić information content (AvgIpc) is 2.75. The van der Waals surface area contributed by atoms with Crippen molar-refractivity contribution in [2.24, 2.45) is 34.5 Å². The zero-order chi connectivity index (χ0) is 18.2. The first-order chi connectivity index (χ1) is 11.6. The molecule has 4 saturated carbocycles. The lowest BCUT2D eigenvalue weighted by Gasteiger charge is -2.61. The van der Waals surface area contributed by atoms with Gasteiger partial charge < -0.3 is 15.3 Å². The molecule has 4 aliphatic rings. The topological polar surface area (TPSA) is 77.8 Å². The van der Waals surface area contributed by atoms with Crippen molar-refractivity contribution < 1.29 is 20.1 Å². The molecule has 0 aromatic heterocycles. The van der Waals surface area contributed by atoms with Crippen molar-refractivity contribution in [3.8, 4) is 0 Å². The van der Waals surface area contributed by atoms with E-state index < -0.39 is 17.1 Å². The molecule has 4 aliphatic carbocycles. The van der Waals surface area contributed by atoms with E-state index in [0.717, 1.165) is 44.9 Å². The van der Waals surface area contributed by atoms with Gasteiger partial charge in [0.25, 0.3) is 0 Å². The first kappa shape index (κ1) is 17.9. The van der Waals surface area contributed by atoms with E-state index in [2.05, 4.69) is 6.92 Å². The number of ketones is 1. The van der Waals surface area contributed by atoms with Crippen LogP contribution in [0.3, 0.4) is 0 Å². The second kappa shape index (κ2) is 5.53. The molecule has 0 spiro atoms. The number of Topliss-reactive ketones (excluding diaryl/α,β-unsaturated/α-hetero) is 1. The molecule has 0 bridgehead atoms. The predicted molar refractivity (Wildman–Crippen MR) is 94.8 cm³/mol. The van der Waals surface area contributed by atoms with Crippen LogP contribution in [0.4, 0.5) is 0 Å². The minimum Gasteiger partial charge on any atom is -0.393 e. The third-order valence-electron chi connectivity index (χ3n) is 9.34. The first-order valence-corrected chi connectivity index (χ1v) is 10.2. The van der Waals surface area contributed by atoms with Gasteiger partial charge in [0.1, 0.15) is 5.60 Å².